The lowest BCUT2D eigenvalue weighted by molar-refractivity contribution is -0.256. The first-order valence-corrected chi connectivity index (χ1v) is 3.11. The van der Waals surface area contributed by atoms with Gasteiger partial charge in [-0.3, -0.25) is 0 Å². The maximum absolute atomic E-state index is 12.6. The molecule has 1 aromatic rings. The zero-order valence-corrected chi connectivity index (χ0v) is 6.14. The first-order valence-electron chi connectivity index (χ1n) is 3.11. The second-order valence-electron chi connectivity index (χ2n) is 2.38. The van der Waals surface area contributed by atoms with E-state index in [4.69, 9.17) is 0 Å². The van der Waals surface area contributed by atoms with Crippen molar-refractivity contribution in [2.75, 3.05) is 0 Å². The van der Waals surface area contributed by atoms with Crippen molar-refractivity contribution in [3.63, 3.8) is 0 Å². The molecule has 2 nitrogen and oxygen atoms in total. The summed E-state index contributed by atoms with van der Waals surface area (Å²) in [6.45, 7) is 0.147. The van der Waals surface area contributed by atoms with Crippen LogP contribution in [-0.2, 0) is 6.05 Å². The molecule has 0 radical (unpaired) electrons. The highest BCUT2D eigenvalue weighted by Crippen LogP contribution is 2.37. The van der Waals surface area contributed by atoms with Crippen molar-refractivity contribution in [3.8, 4) is 0 Å². The van der Waals surface area contributed by atoms with E-state index in [-0.39, 0.29) is 11.6 Å². The Hall–Kier alpha value is -1.07. The summed E-state index contributed by atoms with van der Waals surface area (Å²) in [7, 11) is 0. The van der Waals surface area contributed by atoms with Crippen LogP contribution in [0.25, 0.3) is 0 Å². The lowest BCUT2D eigenvalue weighted by Crippen LogP contribution is -2.40. The molecule has 1 heterocycles. The summed E-state index contributed by atoms with van der Waals surface area (Å²) >= 11 is 0. The van der Waals surface area contributed by atoms with Gasteiger partial charge in [0.05, 0.1) is 0 Å². The average molecular weight is 182 g/mol. The Morgan fingerprint density at radius 1 is 1.25 bits per heavy atom. The van der Waals surface area contributed by atoms with Gasteiger partial charge in [-0.15, -0.1) is 0 Å². The number of halogens is 4. The molecule has 0 amide bonds. The van der Waals surface area contributed by atoms with Crippen LogP contribution in [0.2, 0.25) is 0 Å². The SMILES string of the molecule is CC(F)(F)C(F)(F)n1cccn1. The summed E-state index contributed by atoms with van der Waals surface area (Å²) in [4.78, 5) is 0. The molecule has 0 aliphatic carbocycles. The third-order valence-corrected chi connectivity index (χ3v) is 1.32. The van der Waals surface area contributed by atoms with Gasteiger partial charge in [-0.2, -0.15) is 22.7 Å². The van der Waals surface area contributed by atoms with E-state index in [0.29, 0.717) is 0 Å². The number of aromatic nitrogens is 2. The largest absolute Gasteiger partial charge is 0.406 e. The summed E-state index contributed by atoms with van der Waals surface area (Å²) in [5, 5.41) is 3.04. The predicted octanol–water partition coefficient (Wildman–Crippen LogP) is 2.09. The lowest BCUT2D eigenvalue weighted by atomic mass is 10.3. The van der Waals surface area contributed by atoms with Gasteiger partial charge in [0, 0.05) is 19.3 Å². The summed E-state index contributed by atoms with van der Waals surface area (Å²) in [6, 6.07) is -3.11. The van der Waals surface area contributed by atoms with E-state index in [1.54, 1.807) is 0 Å². The molecule has 1 aromatic heterocycles. The van der Waals surface area contributed by atoms with E-state index in [1.165, 1.54) is 0 Å². The third-order valence-electron chi connectivity index (χ3n) is 1.32. The van der Waals surface area contributed by atoms with Crippen LogP contribution in [0.1, 0.15) is 6.92 Å². The van der Waals surface area contributed by atoms with Gasteiger partial charge in [0.2, 0.25) is 0 Å². The smallest absolute Gasteiger partial charge is 0.204 e. The van der Waals surface area contributed by atoms with Crippen LogP contribution in [0, 0.1) is 0 Å². The van der Waals surface area contributed by atoms with Gasteiger partial charge in [0.15, 0.2) is 0 Å². The van der Waals surface area contributed by atoms with Crippen molar-refractivity contribution in [2.45, 2.75) is 18.9 Å². The Kier molecular flexibility index (Phi) is 1.85. The van der Waals surface area contributed by atoms with Crippen LogP contribution in [0.4, 0.5) is 17.6 Å². The van der Waals surface area contributed by atoms with Gasteiger partial charge in [0.1, 0.15) is 0 Å². The molecular formula is C6H6F4N2. The quantitative estimate of drug-likeness (QED) is 0.640. The fraction of sp³-hybridized carbons (Fsp3) is 0.500. The van der Waals surface area contributed by atoms with Crippen molar-refractivity contribution < 1.29 is 17.6 Å². The second-order valence-corrected chi connectivity index (χ2v) is 2.38. The highest BCUT2D eigenvalue weighted by molar-refractivity contribution is 4.85. The van der Waals surface area contributed by atoms with Crippen LogP contribution in [0.15, 0.2) is 18.5 Å². The molecular weight excluding hydrogens is 176 g/mol. The fourth-order valence-electron chi connectivity index (χ4n) is 0.636. The maximum Gasteiger partial charge on any atom is 0.406 e. The minimum absolute atomic E-state index is 0.0625. The van der Waals surface area contributed by atoms with Crippen LogP contribution in [0.5, 0.6) is 0 Å². The van der Waals surface area contributed by atoms with Crippen molar-refractivity contribution in [1.82, 2.24) is 9.78 Å². The number of alkyl halides is 4. The first-order chi connectivity index (χ1) is 5.36. The molecule has 1 rings (SSSR count). The molecule has 0 saturated heterocycles. The van der Waals surface area contributed by atoms with E-state index < -0.39 is 12.0 Å². The van der Waals surface area contributed by atoms with Gasteiger partial charge in [0.25, 0.3) is 0 Å². The van der Waals surface area contributed by atoms with Gasteiger partial charge in [-0.1, -0.05) is 0 Å². The Balaban J connectivity index is 3.02. The Bertz CT molecular complexity index is 249. The van der Waals surface area contributed by atoms with Crippen molar-refractivity contribution >= 4 is 0 Å². The molecule has 68 valence electrons. The van der Waals surface area contributed by atoms with E-state index in [1.807, 2.05) is 0 Å². The molecule has 0 unspecified atom stereocenters. The molecule has 0 aliphatic heterocycles. The molecule has 0 bridgehead atoms. The molecule has 0 aromatic carbocycles. The first kappa shape index (κ1) is 9.02. The standard InChI is InChI=1S/C6H6F4N2/c1-5(7,8)6(9,10)12-4-2-3-11-12/h2-4H,1H3. The summed E-state index contributed by atoms with van der Waals surface area (Å²) in [6.07, 6.45) is 1.80. The number of rotatable bonds is 2. The van der Waals surface area contributed by atoms with Crippen LogP contribution in [0.3, 0.4) is 0 Å². The van der Waals surface area contributed by atoms with Gasteiger partial charge >= 0.3 is 12.0 Å². The van der Waals surface area contributed by atoms with E-state index >= 15 is 0 Å². The summed E-state index contributed by atoms with van der Waals surface area (Å²) in [5.74, 6) is -4.11. The third kappa shape index (κ3) is 1.28. The number of hydrogen-bond donors (Lipinski definition) is 0. The average Bonchev–Trinajstić information content (AvgIpc) is 2.34. The molecule has 6 heteroatoms. The molecule has 0 atom stereocenters. The van der Waals surface area contributed by atoms with Gasteiger partial charge < -0.3 is 0 Å². The highest BCUT2D eigenvalue weighted by Gasteiger charge is 2.54. The number of nitrogens with zero attached hydrogens (tertiary/aromatic N) is 2. The molecule has 0 N–H and O–H groups in total. The zero-order chi connectivity index (χ0) is 9.41. The lowest BCUT2D eigenvalue weighted by Gasteiger charge is -2.22. The van der Waals surface area contributed by atoms with E-state index in [0.717, 1.165) is 18.5 Å². The zero-order valence-electron chi connectivity index (χ0n) is 6.14. The maximum atomic E-state index is 12.6. The van der Waals surface area contributed by atoms with Crippen molar-refractivity contribution in [1.29, 1.82) is 0 Å². The van der Waals surface area contributed by atoms with E-state index in [9.17, 15) is 17.6 Å². The van der Waals surface area contributed by atoms with Crippen molar-refractivity contribution in [3.05, 3.63) is 18.5 Å². The molecule has 12 heavy (non-hydrogen) atoms. The molecule has 0 saturated carbocycles. The minimum Gasteiger partial charge on any atom is -0.204 e. The Labute approximate surface area is 65.8 Å². The van der Waals surface area contributed by atoms with Crippen LogP contribution in [-0.4, -0.2) is 15.7 Å². The summed E-state index contributed by atoms with van der Waals surface area (Å²) < 4.78 is 49.7. The molecule has 0 aliphatic rings. The second kappa shape index (κ2) is 2.46. The Morgan fingerprint density at radius 3 is 2.17 bits per heavy atom. The van der Waals surface area contributed by atoms with Crippen molar-refractivity contribution in [2.24, 2.45) is 0 Å². The monoisotopic (exact) mass is 182 g/mol. The fourth-order valence-corrected chi connectivity index (χ4v) is 0.636. The number of hydrogen-bond acceptors (Lipinski definition) is 1. The predicted molar refractivity (Wildman–Crippen MR) is 33.0 cm³/mol. The highest BCUT2D eigenvalue weighted by atomic mass is 19.3. The van der Waals surface area contributed by atoms with Gasteiger partial charge in [-0.05, 0) is 6.07 Å². The molecule has 0 spiro atoms. The normalized spacial score (nSPS) is 13.4. The summed E-state index contributed by atoms with van der Waals surface area (Å²) in [5.41, 5.74) is 0. The Morgan fingerprint density at radius 2 is 1.83 bits per heavy atom. The van der Waals surface area contributed by atoms with E-state index in [2.05, 4.69) is 5.10 Å². The molecule has 0 fully saturated rings. The van der Waals surface area contributed by atoms with Gasteiger partial charge in [-0.25, -0.2) is 4.68 Å². The topological polar surface area (TPSA) is 17.8 Å². The van der Waals surface area contributed by atoms with Crippen LogP contribution < -0.4 is 0 Å². The van der Waals surface area contributed by atoms with Crippen LogP contribution >= 0.6 is 0 Å². The minimum atomic E-state index is -4.27.